The maximum Gasteiger partial charge on any atom is 0.251 e. The first-order chi connectivity index (χ1) is 14.5. The zero-order valence-electron chi connectivity index (χ0n) is 17.4. The molecular formula is C21H26N6O2S. The Kier molecular flexibility index (Phi) is 5.85. The number of ketones is 1. The molecule has 0 saturated heterocycles. The van der Waals surface area contributed by atoms with Crippen molar-refractivity contribution in [2.24, 2.45) is 5.10 Å². The lowest BCUT2D eigenvalue weighted by molar-refractivity contribution is -0.117. The zero-order chi connectivity index (χ0) is 21.3. The molecule has 1 aromatic rings. The van der Waals surface area contributed by atoms with Crippen LogP contribution in [0, 0.1) is 0 Å². The monoisotopic (exact) mass is 426 g/mol. The van der Waals surface area contributed by atoms with Crippen LogP contribution in [0.25, 0.3) is 5.57 Å². The Labute approximate surface area is 180 Å². The minimum absolute atomic E-state index is 0.0744. The Morgan fingerprint density at radius 2 is 2.23 bits per heavy atom. The lowest BCUT2D eigenvalue weighted by Gasteiger charge is -2.35. The van der Waals surface area contributed by atoms with Crippen molar-refractivity contribution in [1.82, 2.24) is 25.9 Å². The van der Waals surface area contributed by atoms with Crippen LogP contribution in [0.1, 0.15) is 10.4 Å². The highest BCUT2D eigenvalue weighted by Gasteiger charge is 2.38. The highest BCUT2D eigenvalue weighted by Crippen LogP contribution is 2.35. The van der Waals surface area contributed by atoms with E-state index in [2.05, 4.69) is 32.1 Å². The number of hydrogen-bond donors (Lipinski definition) is 3. The predicted molar refractivity (Wildman–Crippen MR) is 119 cm³/mol. The minimum Gasteiger partial charge on any atom is -0.351 e. The fourth-order valence-electron chi connectivity index (χ4n) is 3.75. The first-order valence-electron chi connectivity index (χ1n) is 9.90. The van der Waals surface area contributed by atoms with Crippen LogP contribution in [-0.2, 0) is 16.1 Å². The van der Waals surface area contributed by atoms with Crippen molar-refractivity contribution in [2.45, 2.75) is 12.6 Å². The third-order valence-corrected chi connectivity index (χ3v) is 6.19. The van der Waals surface area contributed by atoms with Crippen LogP contribution in [-0.4, -0.2) is 74.3 Å². The highest BCUT2D eigenvalue weighted by molar-refractivity contribution is 7.10. The van der Waals surface area contributed by atoms with Gasteiger partial charge in [-0.1, -0.05) is 0 Å². The van der Waals surface area contributed by atoms with Crippen molar-refractivity contribution in [3.8, 4) is 0 Å². The summed E-state index contributed by atoms with van der Waals surface area (Å²) in [5.41, 5.74) is 5.80. The molecule has 9 heteroatoms. The third-order valence-electron chi connectivity index (χ3n) is 5.25. The lowest BCUT2D eigenvalue weighted by Crippen LogP contribution is -2.46. The van der Waals surface area contributed by atoms with Gasteiger partial charge in [0.05, 0.1) is 6.04 Å². The molecule has 1 aromatic heterocycles. The summed E-state index contributed by atoms with van der Waals surface area (Å²) in [4.78, 5) is 31.1. The van der Waals surface area contributed by atoms with Crippen LogP contribution in [0.4, 0.5) is 0 Å². The van der Waals surface area contributed by atoms with Crippen molar-refractivity contribution in [1.29, 1.82) is 0 Å². The van der Waals surface area contributed by atoms with Crippen LogP contribution in [0.2, 0.25) is 0 Å². The van der Waals surface area contributed by atoms with E-state index in [1.54, 1.807) is 23.5 Å². The van der Waals surface area contributed by atoms with Gasteiger partial charge in [0.1, 0.15) is 6.67 Å². The Morgan fingerprint density at radius 1 is 1.40 bits per heavy atom. The molecule has 4 rings (SSSR count). The van der Waals surface area contributed by atoms with E-state index in [0.29, 0.717) is 30.2 Å². The standard InChI is InChI=1S/C21H26N6O2S/c1-22-10-14-6-13(11-30-14)15-7-18-16(8-19(15)28)17(9-20-25-24-12-27(18)20)21(29)23-4-5-26(2)3/h6-9,11,18,22,24H,4-5,10,12H2,1-3H3,(H,23,29). The van der Waals surface area contributed by atoms with Gasteiger partial charge >= 0.3 is 0 Å². The normalized spacial score (nSPS) is 20.1. The molecule has 0 bridgehead atoms. The van der Waals surface area contributed by atoms with Gasteiger partial charge in [-0.2, -0.15) is 5.10 Å². The van der Waals surface area contributed by atoms with Gasteiger partial charge in [-0.05, 0) is 62.0 Å². The molecule has 3 heterocycles. The van der Waals surface area contributed by atoms with Gasteiger partial charge in [0.25, 0.3) is 5.91 Å². The van der Waals surface area contributed by atoms with E-state index in [1.807, 2.05) is 37.5 Å². The number of amides is 1. The molecule has 30 heavy (non-hydrogen) atoms. The van der Waals surface area contributed by atoms with E-state index in [0.717, 1.165) is 24.2 Å². The summed E-state index contributed by atoms with van der Waals surface area (Å²) in [6.45, 7) is 2.58. The molecule has 1 atom stereocenters. The summed E-state index contributed by atoms with van der Waals surface area (Å²) >= 11 is 1.63. The Bertz CT molecular complexity index is 987. The van der Waals surface area contributed by atoms with E-state index < -0.39 is 0 Å². The summed E-state index contributed by atoms with van der Waals surface area (Å²) < 4.78 is 0. The molecule has 1 aliphatic carbocycles. The number of amidine groups is 1. The first-order valence-corrected chi connectivity index (χ1v) is 10.8. The molecular weight excluding hydrogens is 400 g/mol. The maximum absolute atomic E-state index is 13.0. The van der Waals surface area contributed by atoms with Gasteiger partial charge in [-0.25, -0.2) is 0 Å². The number of hydrazone groups is 1. The van der Waals surface area contributed by atoms with E-state index in [-0.39, 0.29) is 17.7 Å². The number of carbonyl (C=O) groups is 2. The number of nitrogens with zero attached hydrogens (tertiary/aromatic N) is 3. The fourth-order valence-corrected chi connectivity index (χ4v) is 4.64. The van der Waals surface area contributed by atoms with Crippen LogP contribution < -0.4 is 16.1 Å². The molecule has 3 N–H and O–H groups in total. The van der Waals surface area contributed by atoms with Crippen LogP contribution >= 0.6 is 11.3 Å². The van der Waals surface area contributed by atoms with E-state index in [4.69, 9.17) is 0 Å². The summed E-state index contributed by atoms with van der Waals surface area (Å²) in [7, 11) is 5.82. The average molecular weight is 427 g/mol. The quantitative estimate of drug-likeness (QED) is 0.589. The largest absolute Gasteiger partial charge is 0.351 e. The summed E-state index contributed by atoms with van der Waals surface area (Å²) in [6, 6.07) is 1.84. The Morgan fingerprint density at radius 3 is 3.00 bits per heavy atom. The van der Waals surface area contributed by atoms with E-state index >= 15 is 0 Å². The number of carbonyl (C=O) groups excluding carboxylic acids is 2. The highest BCUT2D eigenvalue weighted by atomic mass is 32.1. The molecule has 1 unspecified atom stereocenters. The second-order valence-electron chi connectivity index (χ2n) is 7.69. The number of likely N-dealkylation sites (N-methyl/N-ethyl adjacent to an activating group) is 1. The van der Waals surface area contributed by atoms with Crippen molar-refractivity contribution in [2.75, 3.05) is 40.9 Å². The number of nitrogens with one attached hydrogen (secondary N) is 3. The molecule has 0 aromatic carbocycles. The fraction of sp³-hybridized carbons (Fsp3) is 0.381. The van der Waals surface area contributed by atoms with Gasteiger partial charge in [0, 0.05) is 35.7 Å². The van der Waals surface area contributed by atoms with Gasteiger partial charge in [-0.15, -0.1) is 11.3 Å². The predicted octanol–water partition coefficient (Wildman–Crippen LogP) is 0.523. The third kappa shape index (κ3) is 3.96. The van der Waals surface area contributed by atoms with Gasteiger partial charge < -0.3 is 20.4 Å². The molecule has 0 saturated carbocycles. The number of thiophene rings is 1. The number of rotatable bonds is 7. The molecule has 158 valence electrons. The number of allylic oxidation sites excluding steroid dienone is 2. The number of hydrogen-bond acceptors (Lipinski definition) is 8. The van der Waals surface area contributed by atoms with E-state index in [9.17, 15) is 9.59 Å². The summed E-state index contributed by atoms with van der Waals surface area (Å²) in [5, 5.41) is 12.4. The van der Waals surface area contributed by atoms with Crippen LogP contribution in [0.3, 0.4) is 0 Å². The SMILES string of the molecule is CNCc1cc(C2=CC3C(=CC2=O)C(C(=O)NCCN(C)C)=CC2=NNCN23)cs1. The smallest absolute Gasteiger partial charge is 0.251 e. The zero-order valence-corrected chi connectivity index (χ0v) is 18.2. The second kappa shape index (κ2) is 8.55. The van der Waals surface area contributed by atoms with E-state index in [1.165, 1.54) is 4.88 Å². The molecule has 0 radical (unpaired) electrons. The molecule has 3 aliphatic rings. The summed E-state index contributed by atoms with van der Waals surface area (Å²) in [5.74, 6) is 0.453. The van der Waals surface area contributed by atoms with Crippen molar-refractivity contribution < 1.29 is 9.59 Å². The van der Waals surface area contributed by atoms with Gasteiger partial charge in [0.15, 0.2) is 11.6 Å². The Hall–Kier alpha value is -2.75. The molecule has 1 amide bonds. The van der Waals surface area contributed by atoms with Gasteiger partial charge in [-0.3, -0.25) is 15.0 Å². The molecule has 2 aliphatic heterocycles. The van der Waals surface area contributed by atoms with Crippen molar-refractivity contribution in [3.05, 3.63) is 51.3 Å². The first kappa shape index (κ1) is 20.5. The second-order valence-corrected chi connectivity index (χ2v) is 8.69. The molecule has 0 spiro atoms. The summed E-state index contributed by atoms with van der Waals surface area (Å²) in [6.07, 6.45) is 5.34. The van der Waals surface area contributed by atoms with Crippen molar-refractivity contribution in [3.63, 3.8) is 0 Å². The minimum atomic E-state index is -0.210. The molecule has 0 fully saturated rings. The van der Waals surface area contributed by atoms with Gasteiger partial charge in [0.2, 0.25) is 0 Å². The maximum atomic E-state index is 13.0. The van der Waals surface area contributed by atoms with Crippen LogP contribution in [0.5, 0.6) is 0 Å². The molecule has 8 nitrogen and oxygen atoms in total. The lowest BCUT2D eigenvalue weighted by atomic mass is 9.83. The van der Waals surface area contributed by atoms with Crippen molar-refractivity contribution >= 4 is 34.4 Å². The van der Waals surface area contributed by atoms with Crippen LogP contribution in [0.15, 0.2) is 45.9 Å². The number of fused-ring (bicyclic) bond motifs is 3. The topological polar surface area (TPSA) is 89.1 Å². The average Bonchev–Trinajstić information content (AvgIpc) is 3.36. The Balaban J connectivity index is 1.63.